The van der Waals surface area contributed by atoms with Crippen molar-refractivity contribution in [2.75, 3.05) is 6.61 Å². The fourth-order valence-electron chi connectivity index (χ4n) is 3.04. The second kappa shape index (κ2) is 4.93. The molecule has 0 aromatic heterocycles. The lowest BCUT2D eigenvalue weighted by Crippen LogP contribution is -2.38. The predicted molar refractivity (Wildman–Crippen MR) is 74.0 cm³/mol. The van der Waals surface area contributed by atoms with Crippen molar-refractivity contribution in [3.63, 3.8) is 0 Å². The van der Waals surface area contributed by atoms with Crippen molar-refractivity contribution in [1.29, 1.82) is 0 Å². The Morgan fingerprint density at radius 1 is 1.28 bits per heavy atom. The Bertz CT molecular complexity index is 425. The molecule has 0 saturated heterocycles. The van der Waals surface area contributed by atoms with Crippen LogP contribution in [0.15, 0.2) is 18.2 Å². The zero-order valence-electron chi connectivity index (χ0n) is 11.4. The van der Waals surface area contributed by atoms with Gasteiger partial charge in [0.1, 0.15) is 5.75 Å². The van der Waals surface area contributed by atoms with Crippen molar-refractivity contribution in [2.24, 2.45) is 5.92 Å². The van der Waals surface area contributed by atoms with Crippen LogP contribution in [0.3, 0.4) is 0 Å². The Hall–Kier alpha value is -1.02. The third kappa shape index (κ3) is 2.26. The van der Waals surface area contributed by atoms with Crippen LogP contribution in [-0.4, -0.2) is 12.6 Å². The number of rotatable bonds is 4. The summed E-state index contributed by atoms with van der Waals surface area (Å²) in [7, 11) is 0. The van der Waals surface area contributed by atoms with Crippen molar-refractivity contribution in [1.82, 2.24) is 5.32 Å². The third-order valence-corrected chi connectivity index (χ3v) is 4.58. The molecule has 2 aliphatic rings. The highest BCUT2D eigenvalue weighted by molar-refractivity contribution is 5.40. The van der Waals surface area contributed by atoms with E-state index in [-0.39, 0.29) is 0 Å². The first-order chi connectivity index (χ1) is 8.74. The Kier molecular flexibility index (Phi) is 3.29. The zero-order chi connectivity index (χ0) is 12.5. The Labute approximate surface area is 110 Å². The van der Waals surface area contributed by atoms with E-state index < -0.39 is 0 Å². The van der Waals surface area contributed by atoms with Gasteiger partial charge in [0, 0.05) is 18.5 Å². The van der Waals surface area contributed by atoms with E-state index in [1.807, 2.05) is 0 Å². The maximum Gasteiger partial charge on any atom is 0.122 e. The number of hydrogen-bond acceptors (Lipinski definition) is 2. The molecule has 1 aliphatic carbocycles. The average molecular weight is 245 g/mol. The highest BCUT2D eigenvalue weighted by atomic mass is 16.5. The van der Waals surface area contributed by atoms with E-state index in [2.05, 4.69) is 37.4 Å². The summed E-state index contributed by atoms with van der Waals surface area (Å²) in [5.74, 6) is 1.98. The minimum absolute atomic E-state index is 0.437. The molecule has 1 saturated carbocycles. The fraction of sp³-hybridized carbons (Fsp3) is 0.625. The van der Waals surface area contributed by atoms with Crippen LogP contribution in [0.25, 0.3) is 0 Å². The van der Waals surface area contributed by atoms with Gasteiger partial charge in [0.2, 0.25) is 0 Å². The fourth-order valence-corrected chi connectivity index (χ4v) is 3.04. The van der Waals surface area contributed by atoms with E-state index in [1.165, 1.54) is 30.4 Å². The maximum absolute atomic E-state index is 5.56. The van der Waals surface area contributed by atoms with Crippen molar-refractivity contribution >= 4 is 0 Å². The van der Waals surface area contributed by atoms with Crippen molar-refractivity contribution in [3.8, 4) is 5.75 Å². The molecule has 1 aliphatic heterocycles. The molecule has 1 fully saturated rings. The first-order valence-corrected chi connectivity index (χ1v) is 7.25. The van der Waals surface area contributed by atoms with Gasteiger partial charge in [-0.2, -0.15) is 0 Å². The Balaban J connectivity index is 1.66. The molecular weight excluding hydrogens is 222 g/mol. The summed E-state index contributed by atoms with van der Waals surface area (Å²) in [4.78, 5) is 0. The summed E-state index contributed by atoms with van der Waals surface area (Å²) >= 11 is 0. The summed E-state index contributed by atoms with van der Waals surface area (Å²) < 4.78 is 5.56. The molecule has 98 valence electrons. The van der Waals surface area contributed by atoms with Gasteiger partial charge in [0.15, 0.2) is 0 Å². The monoisotopic (exact) mass is 245 g/mol. The Morgan fingerprint density at radius 2 is 2.11 bits per heavy atom. The van der Waals surface area contributed by atoms with Gasteiger partial charge < -0.3 is 10.1 Å². The normalized spacial score (nSPS) is 21.9. The summed E-state index contributed by atoms with van der Waals surface area (Å²) in [6, 6.07) is 7.72. The van der Waals surface area contributed by atoms with Gasteiger partial charge in [0.25, 0.3) is 0 Å². The molecule has 0 spiro atoms. The highest BCUT2D eigenvalue weighted by Crippen LogP contribution is 2.32. The van der Waals surface area contributed by atoms with Gasteiger partial charge in [0.05, 0.1) is 6.61 Å². The van der Waals surface area contributed by atoms with Gasteiger partial charge >= 0.3 is 0 Å². The molecule has 2 atom stereocenters. The predicted octanol–water partition coefficient (Wildman–Crippen LogP) is 3.46. The highest BCUT2D eigenvalue weighted by Gasteiger charge is 2.25. The van der Waals surface area contributed by atoms with E-state index in [1.54, 1.807) is 0 Å². The molecule has 2 heteroatoms. The first kappa shape index (κ1) is 12.0. The molecule has 0 amide bonds. The van der Waals surface area contributed by atoms with Crippen LogP contribution in [-0.2, 0) is 6.42 Å². The molecule has 2 unspecified atom stereocenters. The maximum atomic E-state index is 5.56. The smallest absolute Gasteiger partial charge is 0.122 e. The van der Waals surface area contributed by atoms with Crippen molar-refractivity contribution < 1.29 is 4.74 Å². The lowest BCUT2D eigenvalue weighted by atomic mass is 9.80. The topological polar surface area (TPSA) is 21.3 Å². The molecule has 0 radical (unpaired) electrons. The molecule has 0 bridgehead atoms. The van der Waals surface area contributed by atoms with Crippen LogP contribution < -0.4 is 10.1 Å². The standard InChI is InChI=1S/C16H23NO/c1-11(13-4-3-5-13)17-12(2)14-6-7-16-15(10-14)8-9-18-16/h6-7,10-13,17H,3-5,8-9H2,1-2H3. The molecule has 1 aromatic carbocycles. The van der Waals surface area contributed by atoms with Crippen LogP contribution in [0.4, 0.5) is 0 Å². The molecule has 1 N–H and O–H groups in total. The van der Waals surface area contributed by atoms with Gasteiger partial charge in [-0.25, -0.2) is 0 Å². The van der Waals surface area contributed by atoms with Crippen LogP contribution >= 0.6 is 0 Å². The SMILES string of the molecule is CC(NC(C)C1CCC1)c1ccc2c(c1)CCO2. The second-order valence-electron chi connectivity index (χ2n) is 5.83. The van der Waals surface area contributed by atoms with Crippen molar-refractivity contribution in [2.45, 2.75) is 51.6 Å². The summed E-state index contributed by atoms with van der Waals surface area (Å²) in [6.07, 6.45) is 5.28. The van der Waals surface area contributed by atoms with Gasteiger partial charge in [-0.1, -0.05) is 18.6 Å². The summed E-state index contributed by atoms with van der Waals surface area (Å²) in [5.41, 5.74) is 2.77. The van der Waals surface area contributed by atoms with E-state index in [9.17, 15) is 0 Å². The molecule has 3 rings (SSSR count). The second-order valence-corrected chi connectivity index (χ2v) is 5.83. The van der Waals surface area contributed by atoms with E-state index >= 15 is 0 Å². The summed E-state index contributed by atoms with van der Waals surface area (Å²) in [6.45, 7) is 5.45. The molecule has 1 aromatic rings. The van der Waals surface area contributed by atoms with Crippen LogP contribution in [0.5, 0.6) is 5.75 Å². The quantitative estimate of drug-likeness (QED) is 0.877. The number of hydrogen-bond donors (Lipinski definition) is 1. The first-order valence-electron chi connectivity index (χ1n) is 7.25. The van der Waals surface area contributed by atoms with Gasteiger partial charge in [-0.15, -0.1) is 0 Å². The van der Waals surface area contributed by atoms with E-state index in [4.69, 9.17) is 4.74 Å². The Morgan fingerprint density at radius 3 is 2.83 bits per heavy atom. The van der Waals surface area contributed by atoms with Crippen LogP contribution in [0, 0.1) is 5.92 Å². The number of nitrogens with one attached hydrogen (secondary N) is 1. The lowest BCUT2D eigenvalue weighted by Gasteiger charge is -2.34. The van der Waals surface area contributed by atoms with Crippen LogP contribution in [0.2, 0.25) is 0 Å². The number of ether oxygens (including phenoxy) is 1. The molecule has 1 heterocycles. The minimum Gasteiger partial charge on any atom is -0.493 e. The van der Waals surface area contributed by atoms with Gasteiger partial charge in [-0.3, -0.25) is 0 Å². The number of fused-ring (bicyclic) bond motifs is 1. The minimum atomic E-state index is 0.437. The average Bonchev–Trinajstić information content (AvgIpc) is 2.72. The third-order valence-electron chi connectivity index (χ3n) is 4.58. The zero-order valence-corrected chi connectivity index (χ0v) is 11.4. The van der Waals surface area contributed by atoms with Gasteiger partial charge in [-0.05, 0) is 49.8 Å². The van der Waals surface area contributed by atoms with E-state index in [0.717, 1.165) is 24.7 Å². The molecular formula is C16H23NO. The molecule has 2 nitrogen and oxygen atoms in total. The number of benzene rings is 1. The largest absolute Gasteiger partial charge is 0.493 e. The lowest BCUT2D eigenvalue weighted by molar-refractivity contribution is 0.229. The van der Waals surface area contributed by atoms with E-state index in [0.29, 0.717) is 12.1 Å². The summed E-state index contributed by atoms with van der Waals surface area (Å²) in [5, 5.41) is 3.75. The van der Waals surface area contributed by atoms with Crippen molar-refractivity contribution in [3.05, 3.63) is 29.3 Å². The molecule has 18 heavy (non-hydrogen) atoms. The van der Waals surface area contributed by atoms with Crippen LogP contribution in [0.1, 0.15) is 50.3 Å².